The Hall–Kier alpha value is -3.92. The van der Waals surface area contributed by atoms with Crippen molar-refractivity contribution in [3.63, 3.8) is 0 Å². The lowest BCUT2D eigenvalue weighted by molar-refractivity contribution is -0.120. The number of rotatable bonds is 10. The Balaban J connectivity index is 1.69. The van der Waals surface area contributed by atoms with Crippen LogP contribution in [0.2, 0.25) is 0 Å². The van der Waals surface area contributed by atoms with E-state index in [-0.39, 0.29) is 16.7 Å². The Labute approximate surface area is 236 Å². The molecule has 4 rings (SSSR count). The summed E-state index contributed by atoms with van der Waals surface area (Å²) >= 11 is 0. The quantitative estimate of drug-likeness (QED) is 0.366. The van der Waals surface area contributed by atoms with Crippen molar-refractivity contribution in [3.05, 3.63) is 71.8 Å². The molecule has 214 valence electrons. The van der Waals surface area contributed by atoms with Gasteiger partial charge in [0.05, 0.1) is 37.5 Å². The molecule has 1 heterocycles. The summed E-state index contributed by atoms with van der Waals surface area (Å²) in [4.78, 5) is 13.5. The van der Waals surface area contributed by atoms with Gasteiger partial charge in [-0.25, -0.2) is 8.42 Å². The third kappa shape index (κ3) is 6.28. The van der Waals surface area contributed by atoms with Gasteiger partial charge in [0.1, 0.15) is 23.6 Å². The summed E-state index contributed by atoms with van der Waals surface area (Å²) in [7, 11) is -1.29. The van der Waals surface area contributed by atoms with Crippen LogP contribution in [0.25, 0.3) is 0 Å². The number of sulfonamides is 1. The van der Waals surface area contributed by atoms with Gasteiger partial charge in [0.15, 0.2) is 11.5 Å². The van der Waals surface area contributed by atoms with E-state index in [0.717, 1.165) is 15.4 Å². The number of anilines is 1. The van der Waals surface area contributed by atoms with Gasteiger partial charge in [-0.2, -0.15) is 0 Å². The van der Waals surface area contributed by atoms with Crippen LogP contribution in [0.15, 0.2) is 65.6 Å². The lowest BCUT2D eigenvalue weighted by atomic mass is 9.89. The van der Waals surface area contributed by atoms with Gasteiger partial charge >= 0.3 is 0 Å². The molecular formula is C30H36N2O7S. The minimum atomic E-state index is -4.19. The lowest BCUT2D eigenvalue weighted by Crippen LogP contribution is -2.45. The molecule has 9 nitrogen and oxygen atoms in total. The second-order valence-corrected chi connectivity index (χ2v) is 12.0. The van der Waals surface area contributed by atoms with Crippen molar-refractivity contribution in [1.29, 1.82) is 0 Å². The molecule has 0 bridgehead atoms. The fraction of sp³-hybridized carbons (Fsp3) is 0.367. The third-order valence-corrected chi connectivity index (χ3v) is 8.39. The highest BCUT2D eigenvalue weighted by atomic mass is 32.2. The number of hydrogen-bond acceptors (Lipinski definition) is 7. The van der Waals surface area contributed by atoms with Gasteiger partial charge in [0.25, 0.3) is 10.0 Å². The number of nitrogens with one attached hydrogen (secondary N) is 1. The van der Waals surface area contributed by atoms with E-state index in [9.17, 15) is 13.2 Å². The Morgan fingerprint density at radius 2 is 1.73 bits per heavy atom. The number of carbonyl (C=O) groups is 1. The van der Waals surface area contributed by atoms with Crippen LogP contribution in [0.1, 0.15) is 44.4 Å². The van der Waals surface area contributed by atoms with Gasteiger partial charge in [0, 0.05) is 18.1 Å². The number of carbonyl (C=O) groups excluding carboxylic acids is 1. The van der Waals surface area contributed by atoms with Gasteiger partial charge in [-0.15, -0.1) is 0 Å². The zero-order chi connectivity index (χ0) is 29.1. The number of methoxy groups -OCH3 is 2. The van der Waals surface area contributed by atoms with E-state index in [1.54, 1.807) is 24.3 Å². The number of amides is 1. The fourth-order valence-corrected chi connectivity index (χ4v) is 6.20. The van der Waals surface area contributed by atoms with E-state index in [4.69, 9.17) is 18.9 Å². The zero-order valence-corrected chi connectivity index (χ0v) is 24.5. The van der Waals surface area contributed by atoms with Crippen molar-refractivity contribution < 1.29 is 32.2 Å². The maximum Gasteiger partial charge on any atom is 0.264 e. The molecule has 0 aliphatic carbocycles. The van der Waals surface area contributed by atoms with Crippen LogP contribution in [0.5, 0.6) is 23.0 Å². The first-order chi connectivity index (χ1) is 19.0. The number of ether oxygens (including phenoxy) is 4. The molecule has 1 N–H and O–H groups in total. The van der Waals surface area contributed by atoms with Gasteiger partial charge in [-0.3, -0.25) is 9.10 Å². The molecule has 0 radical (unpaired) electrons. The van der Waals surface area contributed by atoms with Crippen molar-refractivity contribution in [3.8, 4) is 23.0 Å². The van der Waals surface area contributed by atoms with Crippen LogP contribution < -0.4 is 28.6 Å². The van der Waals surface area contributed by atoms with E-state index >= 15 is 0 Å². The molecule has 1 atom stereocenters. The van der Waals surface area contributed by atoms with E-state index in [2.05, 4.69) is 5.32 Å². The number of nitrogens with zero attached hydrogens (tertiary/aromatic N) is 1. The summed E-state index contributed by atoms with van der Waals surface area (Å²) in [6, 6.07) is 16.4. The molecule has 10 heteroatoms. The summed E-state index contributed by atoms with van der Waals surface area (Å²) in [5, 5.41) is 3.06. The summed E-state index contributed by atoms with van der Waals surface area (Å²) in [5.41, 5.74) is 1.70. The number of benzene rings is 3. The van der Waals surface area contributed by atoms with E-state index in [1.165, 1.54) is 32.4 Å². The van der Waals surface area contributed by atoms with Crippen molar-refractivity contribution in [1.82, 2.24) is 5.32 Å². The summed E-state index contributed by atoms with van der Waals surface area (Å²) in [6.07, 6.45) is 0.528. The van der Waals surface area contributed by atoms with Gasteiger partial charge < -0.3 is 24.3 Å². The molecule has 1 amide bonds. The largest absolute Gasteiger partial charge is 0.494 e. The minimum Gasteiger partial charge on any atom is -0.494 e. The molecule has 1 aliphatic rings. The first-order valence-corrected chi connectivity index (χ1v) is 14.5. The van der Waals surface area contributed by atoms with Gasteiger partial charge in [-0.1, -0.05) is 17.7 Å². The van der Waals surface area contributed by atoms with Crippen LogP contribution in [0.4, 0.5) is 5.69 Å². The second-order valence-electron chi connectivity index (χ2n) is 10.2. The standard InChI is InChI=1S/C30H36N2O7S/c1-7-38-22-11-9-21(10-12-22)32(40(34,35)23-13-15-27(36-5)28(17-23)37-6)19-29(33)31-25-18-30(3,4)39-26-14-8-20(2)16-24(25)26/h8-17,25H,7,18-19H2,1-6H3,(H,31,33). The van der Waals surface area contributed by atoms with Crippen LogP contribution in [0.3, 0.4) is 0 Å². The van der Waals surface area contributed by atoms with Crippen molar-refractivity contribution in [2.45, 2.75) is 50.7 Å². The molecule has 0 aromatic heterocycles. The molecule has 3 aromatic carbocycles. The summed E-state index contributed by atoms with van der Waals surface area (Å²) in [5.74, 6) is 1.50. The highest BCUT2D eigenvalue weighted by molar-refractivity contribution is 7.92. The number of aryl methyl sites for hydroxylation is 1. The molecule has 3 aromatic rings. The topological polar surface area (TPSA) is 103 Å². The zero-order valence-electron chi connectivity index (χ0n) is 23.7. The predicted octanol–water partition coefficient (Wildman–Crippen LogP) is 5.02. The molecule has 0 saturated carbocycles. The predicted molar refractivity (Wildman–Crippen MR) is 153 cm³/mol. The smallest absolute Gasteiger partial charge is 0.264 e. The molecular weight excluding hydrogens is 532 g/mol. The van der Waals surface area contributed by atoms with Crippen LogP contribution in [-0.2, 0) is 14.8 Å². The summed E-state index contributed by atoms with van der Waals surface area (Å²) < 4.78 is 51.3. The third-order valence-electron chi connectivity index (χ3n) is 6.62. The highest BCUT2D eigenvalue weighted by Gasteiger charge is 2.36. The van der Waals surface area contributed by atoms with E-state index in [1.807, 2.05) is 45.9 Å². The summed E-state index contributed by atoms with van der Waals surface area (Å²) in [6.45, 7) is 7.79. The molecule has 0 saturated heterocycles. The van der Waals surface area contributed by atoms with Gasteiger partial charge in [0.2, 0.25) is 5.91 Å². The van der Waals surface area contributed by atoms with Gasteiger partial charge in [-0.05, 0) is 70.2 Å². The van der Waals surface area contributed by atoms with E-state index in [0.29, 0.717) is 36.0 Å². The van der Waals surface area contributed by atoms with Crippen LogP contribution >= 0.6 is 0 Å². The van der Waals surface area contributed by atoms with Crippen molar-refractivity contribution >= 4 is 21.6 Å². The average Bonchev–Trinajstić information content (AvgIpc) is 2.92. The van der Waals surface area contributed by atoms with Crippen LogP contribution in [-0.4, -0.2) is 47.3 Å². The fourth-order valence-electron chi connectivity index (χ4n) is 4.77. The average molecular weight is 569 g/mol. The second kappa shape index (κ2) is 11.7. The van der Waals surface area contributed by atoms with E-state index < -0.39 is 28.1 Å². The Morgan fingerprint density at radius 3 is 2.38 bits per heavy atom. The Kier molecular flexibility index (Phi) is 8.48. The minimum absolute atomic E-state index is 0.0417. The Morgan fingerprint density at radius 1 is 1.02 bits per heavy atom. The molecule has 0 fully saturated rings. The molecule has 1 unspecified atom stereocenters. The molecule has 40 heavy (non-hydrogen) atoms. The maximum absolute atomic E-state index is 14.0. The lowest BCUT2D eigenvalue weighted by Gasteiger charge is -2.38. The van der Waals surface area contributed by atoms with Crippen molar-refractivity contribution in [2.24, 2.45) is 0 Å². The SMILES string of the molecule is CCOc1ccc(N(CC(=O)NC2CC(C)(C)Oc3ccc(C)cc32)S(=O)(=O)c2ccc(OC)c(OC)c2)cc1. The monoisotopic (exact) mass is 568 g/mol. The molecule has 0 spiro atoms. The number of fused-ring (bicyclic) bond motifs is 1. The first kappa shape index (κ1) is 29.1. The van der Waals surface area contributed by atoms with Crippen molar-refractivity contribution in [2.75, 3.05) is 31.7 Å². The van der Waals surface area contributed by atoms with Crippen LogP contribution in [0, 0.1) is 6.92 Å². The Bertz CT molecular complexity index is 1470. The highest BCUT2D eigenvalue weighted by Crippen LogP contribution is 2.40. The normalized spacial score (nSPS) is 15.8. The first-order valence-electron chi connectivity index (χ1n) is 13.0. The number of hydrogen-bond donors (Lipinski definition) is 1. The maximum atomic E-state index is 14.0. The molecule has 1 aliphatic heterocycles.